The third-order valence-corrected chi connectivity index (χ3v) is 10.9. The van der Waals surface area contributed by atoms with Crippen LogP contribution in [0.25, 0.3) is 82.5 Å². The predicted octanol–water partition coefficient (Wildman–Crippen LogP) is 14.0. The fraction of sp³-hybridized carbons (Fsp3) is 0. The van der Waals surface area contributed by atoms with Crippen molar-refractivity contribution in [2.24, 2.45) is 0 Å². The highest BCUT2D eigenvalue weighted by Gasteiger charge is 2.18. The van der Waals surface area contributed by atoms with Crippen LogP contribution in [0.5, 0.6) is 0 Å². The summed E-state index contributed by atoms with van der Waals surface area (Å²) in [4.78, 5) is 6.77. The second-order valence-electron chi connectivity index (χ2n) is 14.0. The minimum atomic E-state index is 0.845. The zero-order chi connectivity index (χ0) is 36.3. The van der Waals surface area contributed by atoms with E-state index in [0.29, 0.717) is 0 Å². The highest BCUT2D eigenvalue weighted by Crippen LogP contribution is 2.42. The maximum atomic E-state index is 6.19. The summed E-state index contributed by atoms with van der Waals surface area (Å²) in [6.45, 7) is 0. The van der Waals surface area contributed by atoms with E-state index in [0.717, 1.165) is 66.9 Å². The number of anilines is 3. The van der Waals surface area contributed by atoms with E-state index in [1.807, 2.05) is 18.3 Å². The first-order valence-corrected chi connectivity index (χ1v) is 18.6. The first kappa shape index (κ1) is 31.1. The van der Waals surface area contributed by atoms with Gasteiger partial charge in [0.1, 0.15) is 11.2 Å². The molecule has 0 aliphatic carbocycles. The lowest BCUT2D eigenvalue weighted by Gasteiger charge is -2.27. The molecule has 8 aromatic carbocycles. The summed E-state index contributed by atoms with van der Waals surface area (Å²) in [5.74, 6) is 0. The fourth-order valence-corrected chi connectivity index (χ4v) is 8.36. The molecule has 0 radical (unpaired) electrons. The van der Waals surface area contributed by atoms with Gasteiger partial charge in [0, 0.05) is 56.4 Å². The van der Waals surface area contributed by atoms with Crippen molar-refractivity contribution in [2.75, 3.05) is 4.90 Å². The van der Waals surface area contributed by atoms with Crippen molar-refractivity contribution < 1.29 is 4.42 Å². The summed E-state index contributed by atoms with van der Waals surface area (Å²) in [5.41, 5.74) is 13.1. The molecule has 0 bridgehead atoms. The minimum absolute atomic E-state index is 0.845. The topological polar surface area (TPSA) is 34.2 Å². The predicted molar refractivity (Wildman–Crippen MR) is 229 cm³/mol. The first-order valence-electron chi connectivity index (χ1n) is 18.6. The van der Waals surface area contributed by atoms with Crippen molar-refractivity contribution in [2.45, 2.75) is 0 Å². The fourth-order valence-electron chi connectivity index (χ4n) is 8.36. The zero-order valence-electron chi connectivity index (χ0n) is 29.8. The SMILES string of the molecule is c1cc(-c2ccc(-n3c4ccccc4c4ccccc43)cc2)cc(N(c2ccc(-c3cccc4oc5ccncc5c34)cc2)c2cccc3ccccc23)c1. The number of fused-ring (bicyclic) bond motifs is 7. The van der Waals surface area contributed by atoms with Gasteiger partial charge in [-0.15, -0.1) is 0 Å². The van der Waals surface area contributed by atoms with Crippen LogP contribution in [0.1, 0.15) is 0 Å². The molecule has 258 valence electrons. The second-order valence-corrected chi connectivity index (χ2v) is 14.0. The number of furan rings is 1. The largest absolute Gasteiger partial charge is 0.456 e. The van der Waals surface area contributed by atoms with Gasteiger partial charge in [0.15, 0.2) is 0 Å². The monoisotopic (exact) mass is 703 g/mol. The van der Waals surface area contributed by atoms with Gasteiger partial charge in [-0.25, -0.2) is 0 Å². The molecule has 4 heteroatoms. The molecule has 0 N–H and O–H groups in total. The van der Waals surface area contributed by atoms with E-state index in [4.69, 9.17) is 4.42 Å². The molecule has 3 aromatic heterocycles. The van der Waals surface area contributed by atoms with Crippen molar-refractivity contribution in [3.8, 4) is 27.9 Å². The summed E-state index contributed by atoms with van der Waals surface area (Å²) in [5, 5.41) is 7.03. The van der Waals surface area contributed by atoms with Gasteiger partial charge in [0.2, 0.25) is 0 Å². The molecular formula is C51H33N3O. The average Bonchev–Trinajstić information content (AvgIpc) is 3.81. The summed E-state index contributed by atoms with van der Waals surface area (Å²) in [6, 6.07) is 67.4. The lowest BCUT2D eigenvalue weighted by molar-refractivity contribution is 0.668. The van der Waals surface area contributed by atoms with Crippen molar-refractivity contribution in [3.63, 3.8) is 0 Å². The van der Waals surface area contributed by atoms with Crippen LogP contribution >= 0.6 is 0 Å². The van der Waals surface area contributed by atoms with Crippen LogP contribution < -0.4 is 4.90 Å². The standard InChI is InChI=1S/C51H33N3O/c1-2-14-41-35(10-1)11-8-20-46(41)53(38-28-24-36(25-29-38)42-17-9-21-50-51(42)45-33-52-31-30-49(45)55-50)40-13-7-12-37(32-40)34-22-26-39(27-23-34)54-47-18-5-3-15-43(47)44-16-4-6-19-48(44)54/h1-33H. The van der Waals surface area contributed by atoms with Gasteiger partial charge in [-0.3, -0.25) is 4.98 Å². The Hall–Kier alpha value is -7.43. The minimum Gasteiger partial charge on any atom is -0.456 e. The number of nitrogens with zero attached hydrogens (tertiary/aromatic N) is 3. The molecule has 0 aliphatic heterocycles. The second kappa shape index (κ2) is 12.6. The molecule has 0 saturated heterocycles. The van der Waals surface area contributed by atoms with Gasteiger partial charge in [-0.1, -0.05) is 121 Å². The van der Waals surface area contributed by atoms with Crippen molar-refractivity contribution in [1.82, 2.24) is 9.55 Å². The van der Waals surface area contributed by atoms with Gasteiger partial charge >= 0.3 is 0 Å². The molecule has 0 spiro atoms. The van der Waals surface area contributed by atoms with E-state index in [-0.39, 0.29) is 0 Å². The summed E-state index contributed by atoms with van der Waals surface area (Å²) in [7, 11) is 0. The Morgan fingerprint density at radius 1 is 0.455 bits per heavy atom. The maximum Gasteiger partial charge on any atom is 0.138 e. The Balaban J connectivity index is 1.01. The third kappa shape index (κ3) is 5.11. The Morgan fingerprint density at radius 3 is 1.93 bits per heavy atom. The van der Waals surface area contributed by atoms with Gasteiger partial charge in [0.05, 0.1) is 16.7 Å². The quantitative estimate of drug-likeness (QED) is 0.173. The van der Waals surface area contributed by atoms with E-state index < -0.39 is 0 Å². The summed E-state index contributed by atoms with van der Waals surface area (Å²) >= 11 is 0. The molecule has 4 nitrogen and oxygen atoms in total. The number of para-hydroxylation sites is 2. The van der Waals surface area contributed by atoms with Crippen LogP contribution in [-0.2, 0) is 0 Å². The number of aromatic nitrogens is 2. The van der Waals surface area contributed by atoms with Gasteiger partial charge in [-0.2, -0.15) is 0 Å². The molecule has 0 aliphatic rings. The Morgan fingerprint density at radius 2 is 1.13 bits per heavy atom. The molecule has 0 amide bonds. The van der Waals surface area contributed by atoms with Crippen molar-refractivity contribution in [1.29, 1.82) is 0 Å². The van der Waals surface area contributed by atoms with Crippen LogP contribution in [0, 0.1) is 0 Å². The van der Waals surface area contributed by atoms with E-state index in [9.17, 15) is 0 Å². The first-order chi connectivity index (χ1) is 27.3. The molecule has 0 saturated carbocycles. The molecule has 0 fully saturated rings. The summed E-state index contributed by atoms with van der Waals surface area (Å²) in [6.07, 6.45) is 3.67. The van der Waals surface area contributed by atoms with Crippen molar-refractivity contribution in [3.05, 3.63) is 200 Å². The summed E-state index contributed by atoms with van der Waals surface area (Å²) < 4.78 is 8.55. The lowest BCUT2D eigenvalue weighted by atomic mass is 9.99. The number of hydrogen-bond acceptors (Lipinski definition) is 3. The van der Waals surface area contributed by atoms with Gasteiger partial charge in [0.25, 0.3) is 0 Å². The van der Waals surface area contributed by atoms with E-state index in [1.54, 1.807) is 6.20 Å². The van der Waals surface area contributed by atoms with Crippen LogP contribution in [0.15, 0.2) is 205 Å². The normalized spacial score (nSPS) is 11.6. The molecule has 0 atom stereocenters. The molecule has 11 rings (SSSR count). The number of rotatable bonds is 6. The zero-order valence-corrected chi connectivity index (χ0v) is 29.8. The maximum absolute atomic E-state index is 6.19. The highest BCUT2D eigenvalue weighted by atomic mass is 16.3. The van der Waals surface area contributed by atoms with E-state index >= 15 is 0 Å². The molecule has 0 unspecified atom stereocenters. The van der Waals surface area contributed by atoms with E-state index in [1.165, 1.54) is 32.6 Å². The van der Waals surface area contributed by atoms with Crippen LogP contribution in [0.3, 0.4) is 0 Å². The average molecular weight is 704 g/mol. The number of benzene rings is 8. The highest BCUT2D eigenvalue weighted by molar-refractivity contribution is 6.12. The van der Waals surface area contributed by atoms with E-state index in [2.05, 4.69) is 190 Å². The van der Waals surface area contributed by atoms with Gasteiger partial charge < -0.3 is 13.9 Å². The Kier molecular flexibility index (Phi) is 7.14. The molecule has 55 heavy (non-hydrogen) atoms. The van der Waals surface area contributed by atoms with Crippen LogP contribution in [0.2, 0.25) is 0 Å². The number of pyridine rings is 1. The number of hydrogen-bond donors (Lipinski definition) is 0. The third-order valence-electron chi connectivity index (χ3n) is 10.9. The van der Waals surface area contributed by atoms with Crippen LogP contribution in [-0.4, -0.2) is 9.55 Å². The molecule has 3 heterocycles. The lowest BCUT2D eigenvalue weighted by Crippen LogP contribution is -2.10. The van der Waals surface area contributed by atoms with Gasteiger partial charge in [-0.05, 0) is 94.4 Å². The molecular weight excluding hydrogens is 671 g/mol. The molecule has 11 aromatic rings. The van der Waals surface area contributed by atoms with Crippen LogP contribution in [0.4, 0.5) is 17.1 Å². The Labute approximate surface area is 317 Å². The smallest absolute Gasteiger partial charge is 0.138 e. The Bertz CT molecular complexity index is 3150. The van der Waals surface area contributed by atoms with Crippen molar-refractivity contribution >= 4 is 71.6 Å².